The van der Waals surface area contributed by atoms with Gasteiger partial charge in [-0.1, -0.05) is 42.5 Å². The van der Waals surface area contributed by atoms with Gasteiger partial charge in [0.25, 0.3) is 0 Å². The Bertz CT molecular complexity index is 1330. The monoisotopic (exact) mass is 485 g/mol. The number of carbonyl (C=O) groups excluding carboxylic acids is 1. The third-order valence-electron chi connectivity index (χ3n) is 6.84. The normalized spacial score (nSPS) is 17.7. The Morgan fingerprint density at radius 1 is 1.11 bits per heavy atom. The van der Waals surface area contributed by atoms with E-state index in [1.807, 2.05) is 65.2 Å². The van der Waals surface area contributed by atoms with E-state index >= 15 is 0 Å². The Labute approximate surface area is 210 Å². The third-order valence-corrected chi connectivity index (χ3v) is 6.84. The number of carbonyl (C=O) groups is 1. The summed E-state index contributed by atoms with van der Waals surface area (Å²) in [7, 11) is 0. The fourth-order valence-corrected chi connectivity index (χ4v) is 4.99. The zero-order valence-electron chi connectivity index (χ0n) is 20.1. The van der Waals surface area contributed by atoms with Gasteiger partial charge in [0.1, 0.15) is 35.2 Å². The van der Waals surface area contributed by atoms with Crippen LogP contribution in [0.2, 0.25) is 0 Å². The van der Waals surface area contributed by atoms with Crippen molar-refractivity contribution in [3.8, 4) is 17.0 Å². The first-order chi connectivity index (χ1) is 17.6. The molecule has 8 heteroatoms. The smallest absolute Gasteiger partial charge is 0.223 e. The van der Waals surface area contributed by atoms with Crippen LogP contribution in [-0.4, -0.2) is 38.5 Å². The molecule has 2 heterocycles. The number of hydrogen-bond donors (Lipinski definition) is 3. The van der Waals surface area contributed by atoms with Gasteiger partial charge < -0.3 is 20.9 Å². The van der Waals surface area contributed by atoms with Crippen LogP contribution in [0.5, 0.6) is 5.75 Å². The van der Waals surface area contributed by atoms with Crippen molar-refractivity contribution in [2.75, 3.05) is 18.9 Å². The molecular formula is C28H31N5O3. The van der Waals surface area contributed by atoms with Crippen LogP contribution in [-0.2, 0) is 11.4 Å². The van der Waals surface area contributed by atoms with Crippen LogP contribution in [0.15, 0.2) is 67.0 Å². The number of nitrogen functional groups attached to an aromatic ring is 1. The maximum atomic E-state index is 12.3. The van der Waals surface area contributed by atoms with E-state index in [-0.39, 0.29) is 24.3 Å². The largest absolute Gasteiger partial charge is 0.489 e. The lowest BCUT2D eigenvalue weighted by Crippen LogP contribution is -2.34. The summed E-state index contributed by atoms with van der Waals surface area (Å²) in [5.74, 6) is 2.35. The number of fused-ring (bicyclic) bond motifs is 1. The molecule has 8 nitrogen and oxygen atoms in total. The van der Waals surface area contributed by atoms with Crippen molar-refractivity contribution >= 4 is 17.2 Å². The number of anilines is 1. The topological polar surface area (TPSA) is 115 Å². The van der Waals surface area contributed by atoms with Gasteiger partial charge in [-0.3, -0.25) is 9.20 Å². The third kappa shape index (κ3) is 5.04. The molecule has 1 aliphatic carbocycles. The molecule has 0 atom stereocenters. The molecule has 1 saturated carbocycles. The van der Waals surface area contributed by atoms with E-state index in [9.17, 15) is 4.79 Å². The second-order valence-electron chi connectivity index (χ2n) is 9.21. The minimum absolute atomic E-state index is 0.0244. The SMILES string of the molecule is Nc1nccn2c(C3CCC(C(=O)NCCO)CC3)nc(-c3cccc(OCc4ccccc4)c3)c12. The van der Waals surface area contributed by atoms with Gasteiger partial charge in [0.05, 0.1) is 6.61 Å². The molecular weight excluding hydrogens is 454 g/mol. The molecule has 2 aromatic heterocycles. The number of nitrogens with two attached hydrogens (primary N) is 1. The van der Waals surface area contributed by atoms with Crippen LogP contribution in [0.3, 0.4) is 0 Å². The quantitative estimate of drug-likeness (QED) is 0.348. The predicted molar refractivity (Wildman–Crippen MR) is 138 cm³/mol. The molecule has 4 N–H and O–H groups in total. The Hall–Kier alpha value is -3.91. The van der Waals surface area contributed by atoms with Gasteiger partial charge >= 0.3 is 0 Å². The van der Waals surface area contributed by atoms with Crippen LogP contribution in [0.4, 0.5) is 5.82 Å². The van der Waals surface area contributed by atoms with Gasteiger partial charge in [-0.15, -0.1) is 0 Å². The molecule has 1 amide bonds. The van der Waals surface area contributed by atoms with Gasteiger partial charge in [0.15, 0.2) is 0 Å². The number of nitrogens with one attached hydrogen (secondary N) is 1. The second-order valence-corrected chi connectivity index (χ2v) is 9.21. The summed E-state index contributed by atoms with van der Waals surface area (Å²) in [6.45, 7) is 0.740. The second kappa shape index (κ2) is 10.8. The van der Waals surface area contributed by atoms with E-state index in [1.54, 1.807) is 6.20 Å². The average molecular weight is 486 g/mol. The summed E-state index contributed by atoms with van der Waals surface area (Å²) in [6.07, 6.45) is 6.90. The number of aromatic nitrogens is 3. The number of aliphatic hydroxyl groups is 1. The Balaban J connectivity index is 1.40. The molecule has 4 aromatic rings. The van der Waals surface area contributed by atoms with Crippen LogP contribution in [0.1, 0.15) is 43.0 Å². The molecule has 2 aromatic carbocycles. The van der Waals surface area contributed by atoms with Crippen molar-refractivity contribution < 1.29 is 14.6 Å². The Morgan fingerprint density at radius 2 is 1.92 bits per heavy atom. The summed E-state index contributed by atoms with van der Waals surface area (Å²) in [5.41, 5.74) is 9.93. The molecule has 36 heavy (non-hydrogen) atoms. The van der Waals surface area contributed by atoms with E-state index in [0.717, 1.165) is 59.6 Å². The summed E-state index contributed by atoms with van der Waals surface area (Å²) < 4.78 is 8.09. The number of aliphatic hydroxyl groups excluding tert-OH is 1. The number of ether oxygens (including phenoxy) is 1. The molecule has 0 unspecified atom stereocenters. The highest BCUT2D eigenvalue weighted by molar-refractivity contribution is 5.85. The fourth-order valence-electron chi connectivity index (χ4n) is 4.99. The van der Waals surface area contributed by atoms with Crippen molar-refractivity contribution in [1.82, 2.24) is 19.7 Å². The molecule has 0 radical (unpaired) electrons. The number of nitrogens with zero attached hydrogens (tertiary/aromatic N) is 3. The number of imidazole rings is 1. The molecule has 1 aliphatic rings. The Morgan fingerprint density at radius 3 is 2.69 bits per heavy atom. The summed E-state index contributed by atoms with van der Waals surface area (Å²) >= 11 is 0. The van der Waals surface area contributed by atoms with Gasteiger partial charge in [0.2, 0.25) is 5.91 Å². The summed E-state index contributed by atoms with van der Waals surface area (Å²) in [4.78, 5) is 21.7. The number of benzene rings is 2. The molecule has 5 rings (SSSR count). The molecule has 0 spiro atoms. The van der Waals surface area contributed by atoms with E-state index in [1.165, 1.54) is 0 Å². The molecule has 186 valence electrons. The molecule has 0 saturated heterocycles. The number of hydrogen-bond acceptors (Lipinski definition) is 6. The lowest BCUT2D eigenvalue weighted by atomic mass is 9.81. The van der Waals surface area contributed by atoms with Crippen molar-refractivity contribution in [3.05, 3.63) is 78.4 Å². The van der Waals surface area contributed by atoms with E-state index in [4.69, 9.17) is 20.6 Å². The lowest BCUT2D eigenvalue weighted by Gasteiger charge is -2.27. The minimum Gasteiger partial charge on any atom is -0.489 e. The summed E-state index contributed by atoms with van der Waals surface area (Å²) in [5, 5.41) is 11.8. The lowest BCUT2D eigenvalue weighted by molar-refractivity contribution is -0.126. The van der Waals surface area contributed by atoms with Crippen LogP contribution in [0, 0.1) is 5.92 Å². The average Bonchev–Trinajstić information content (AvgIpc) is 3.32. The standard InChI is InChI=1S/C28H31N5O3/c29-26-25-24(22-7-4-8-23(17-22)36-18-19-5-2-1-3-6-19)32-27(33(25)15-13-30-26)20-9-11-21(12-10-20)28(35)31-14-16-34/h1-8,13,15,17,20-21,34H,9-12,14,16,18H2,(H2,29,30)(H,31,35). The Kier molecular flexibility index (Phi) is 7.13. The molecule has 1 fully saturated rings. The maximum absolute atomic E-state index is 12.3. The highest BCUT2D eigenvalue weighted by Gasteiger charge is 2.30. The maximum Gasteiger partial charge on any atom is 0.223 e. The first-order valence-corrected chi connectivity index (χ1v) is 12.4. The van der Waals surface area contributed by atoms with Crippen molar-refractivity contribution in [2.24, 2.45) is 5.92 Å². The van der Waals surface area contributed by atoms with Crippen LogP contribution in [0.25, 0.3) is 16.8 Å². The zero-order valence-corrected chi connectivity index (χ0v) is 20.1. The van der Waals surface area contributed by atoms with Gasteiger partial charge in [-0.25, -0.2) is 9.97 Å². The fraction of sp³-hybridized carbons (Fsp3) is 0.321. The first-order valence-electron chi connectivity index (χ1n) is 12.4. The van der Waals surface area contributed by atoms with E-state index in [0.29, 0.717) is 19.0 Å². The minimum atomic E-state index is -0.0438. The van der Waals surface area contributed by atoms with Gasteiger partial charge in [-0.05, 0) is 43.4 Å². The number of amides is 1. The van der Waals surface area contributed by atoms with Gasteiger partial charge in [0, 0.05) is 36.3 Å². The molecule has 0 bridgehead atoms. The van der Waals surface area contributed by atoms with Gasteiger partial charge in [-0.2, -0.15) is 0 Å². The first kappa shape index (κ1) is 23.8. The van der Waals surface area contributed by atoms with E-state index in [2.05, 4.69) is 10.3 Å². The number of rotatable bonds is 8. The van der Waals surface area contributed by atoms with Crippen molar-refractivity contribution in [3.63, 3.8) is 0 Å². The zero-order chi connectivity index (χ0) is 24.9. The summed E-state index contributed by atoms with van der Waals surface area (Å²) in [6, 6.07) is 18.0. The van der Waals surface area contributed by atoms with Crippen LogP contribution >= 0.6 is 0 Å². The van der Waals surface area contributed by atoms with Crippen molar-refractivity contribution in [2.45, 2.75) is 38.2 Å². The highest BCUT2D eigenvalue weighted by Crippen LogP contribution is 2.39. The van der Waals surface area contributed by atoms with E-state index < -0.39 is 0 Å². The molecule has 0 aliphatic heterocycles. The van der Waals surface area contributed by atoms with Crippen LogP contribution < -0.4 is 15.8 Å². The van der Waals surface area contributed by atoms with Crippen molar-refractivity contribution in [1.29, 1.82) is 0 Å². The predicted octanol–water partition coefficient (Wildman–Crippen LogP) is 3.94. The highest BCUT2D eigenvalue weighted by atomic mass is 16.5.